The molecule has 13 heavy (non-hydrogen) atoms. The molecule has 0 unspecified atom stereocenters. The van der Waals surface area contributed by atoms with Crippen LogP contribution in [0.1, 0.15) is 41.5 Å². The van der Waals surface area contributed by atoms with E-state index in [0.717, 1.165) is 0 Å². The Hall–Kier alpha value is 0.464. The fourth-order valence-corrected chi connectivity index (χ4v) is 0. The third-order valence-electron chi connectivity index (χ3n) is 0. The molecule has 0 atom stereocenters. The predicted molar refractivity (Wildman–Crippen MR) is 52.1 cm³/mol. The van der Waals surface area contributed by atoms with E-state index in [1.54, 1.807) is 41.5 Å². The number of aliphatic hydroxyl groups excluding tert-OH is 3. The topological polar surface area (TPSA) is 60.7 Å². The van der Waals surface area contributed by atoms with E-state index in [9.17, 15) is 0 Å². The molecular formula is C9H24O3V. The van der Waals surface area contributed by atoms with Crippen molar-refractivity contribution in [3.05, 3.63) is 0 Å². The van der Waals surface area contributed by atoms with Gasteiger partial charge in [-0.15, -0.1) is 0 Å². The van der Waals surface area contributed by atoms with Crippen molar-refractivity contribution >= 4 is 0 Å². The molecule has 0 aliphatic rings. The van der Waals surface area contributed by atoms with E-state index in [1.165, 1.54) is 0 Å². The number of aliphatic hydroxyl groups is 3. The van der Waals surface area contributed by atoms with Gasteiger partial charge in [0.15, 0.2) is 0 Å². The van der Waals surface area contributed by atoms with E-state index < -0.39 is 0 Å². The molecule has 83 valence electrons. The molecule has 3 nitrogen and oxygen atoms in total. The Bertz CT molecular complexity index is 43.4. The van der Waals surface area contributed by atoms with Crippen LogP contribution in [0.2, 0.25) is 0 Å². The van der Waals surface area contributed by atoms with E-state index >= 15 is 0 Å². The summed E-state index contributed by atoms with van der Waals surface area (Å²) in [5.41, 5.74) is 0. The molecule has 4 heteroatoms. The minimum Gasteiger partial charge on any atom is -0.394 e. The van der Waals surface area contributed by atoms with Crippen LogP contribution in [-0.4, -0.2) is 33.6 Å². The van der Waals surface area contributed by atoms with Crippen molar-refractivity contribution in [3.63, 3.8) is 0 Å². The smallest absolute Gasteiger partial charge is 0.0483 e. The third-order valence-corrected chi connectivity index (χ3v) is 0. The van der Waals surface area contributed by atoms with E-state index in [-0.39, 0.29) is 36.9 Å². The summed E-state index contributed by atoms with van der Waals surface area (Å²) in [6.45, 7) is 10.3. The zero-order chi connectivity index (χ0) is 10.7. The van der Waals surface area contributed by atoms with Crippen LogP contribution >= 0.6 is 0 Å². The summed E-state index contributed by atoms with van der Waals surface area (Å²) in [6.07, 6.45) is -0.500. The Labute approximate surface area is 94.1 Å². The van der Waals surface area contributed by atoms with Gasteiger partial charge in [0.25, 0.3) is 0 Å². The molecular weight excluding hydrogens is 207 g/mol. The van der Waals surface area contributed by atoms with Gasteiger partial charge in [0.05, 0.1) is 0 Å². The Kier molecular flexibility index (Phi) is 32.9. The first kappa shape index (κ1) is 23.4. The molecule has 0 saturated heterocycles. The van der Waals surface area contributed by atoms with Crippen LogP contribution < -0.4 is 0 Å². The van der Waals surface area contributed by atoms with E-state index in [2.05, 4.69) is 0 Å². The monoisotopic (exact) mass is 231 g/mol. The van der Waals surface area contributed by atoms with Crippen molar-refractivity contribution in [2.45, 2.75) is 59.9 Å². The zero-order valence-corrected chi connectivity index (χ0v) is 10.9. The summed E-state index contributed by atoms with van der Waals surface area (Å²) < 4.78 is 0. The molecule has 0 aromatic carbocycles. The maximum absolute atomic E-state index is 8.06. The largest absolute Gasteiger partial charge is 0.394 e. The van der Waals surface area contributed by atoms with Gasteiger partial charge in [0.2, 0.25) is 0 Å². The summed E-state index contributed by atoms with van der Waals surface area (Å²) in [7, 11) is 0. The van der Waals surface area contributed by atoms with Crippen molar-refractivity contribution < 1.29 is 33.9 Å². The van der Waals surface area contributed by atoms with E-state index in [1.807, 2.05) is 0 Å². The second kappa shape index (κ2) is 18.3. The quantitative estimate of drug-likeness (QED) is 0.586. The van der Waals surface area contributed by atoms with Crippen molar-refractivity contribution in [1.29, 1.82) is 0 Å². The third kappa shape index (κ3) is 6330. The van der Waals surface area contributed by atoms with Gasteiger partial charge in [-0.2, -0.15) is 0 Å². The summed E-state index contributed by atoms with van der Waals surface area (Å²) >= 11 is 0. The number of rotatable bonds is 0. The standard InChI is InChI=1S/3C3H8O.V/c3*1-3(2)4;/h3*3-4H,1-2H3;. The summed E-state index contributed by atoms with van der Waals surface area (Å²) in [5.74, 6) is 0. The van der Waals surface area contributed by atoms with Crippen LogP contribution in [0, 0.1) is 0 Å². The minimum absolute atomic E-state index is 0. The Morgan fingerprint density at radius 2 is 0.538 bits per heavy atom. The van der Waals surface area contributed by atoms with Crippen LogP contribution in [0.4, 0.5) is 0 Å². The molecule has 0 amide bonds. The van der Waals surface area contributed by atoms with Crippen molar-refractivity contribution in [1.82, 2.24) is 0 Å². The first-order chi connectivity index (χ1) is 5.20. The van der Waals surface area contributed by atoms with Crippen LogP contribution in [-0.2, 0) is 18.6 Å². The van der Waals surface area contributed by atoms with Crippen molar-refractivity contribution in [3.8, 4) is 0 Å². The predicted octanol–water partition coefficient (Wildman–Crippen LogP) is 1.16. The van der Waals surface area contributed by atoms with Crippen LogP contribution in [0.15, 0.2) is 0 Å². The minimum atomic E-state index is -0.167. The van der Waals surface area contributed by atoms with E-state index in [4.69, 9.17) is 15.3 Å². The van der Waals surface area contributed by atoms with Gasteiger partial charge in [-0.1, -0.05) is 0 Å². The molecule has 0 aromatic heterocycles. The molecule has 0 aliphatic carbocycles. The second-order valence-corrected chi connectivity index (χ2v) is 3.28. The maximum atomic E-state index is 8.06. The van der Waals surface area contributed by atoms with E-state index in [0.29, 0.717) is 0 Å². The molecule has 0 heterocycles. The average Bonchev–Trinajstić information content (AvgIpc) is 1.54. The first-order valence-corrected chi connectivity index (χ1v) is 4.24. The van der Waals surface area contributed by atoms with Gasteiger partial charge in [0, 0.05) is 36.9 Å². The van der Waals surface area contributed by atoms with Crippen LogP contribution in [0.5, 0.6) is 0 Å². The Balaban J connectivity index is -0.0000000450. The average molecular weight is 231 g/mol. The van der Waals surface area contributed by atoms with Crippen LogP contribution in [0.3, 0.4) is 0 Å². The molecule has 0 saturated carbocycles. The van der Waals surface area contributed by atoms with Gasteiger partial charge in [-0.25, -0.2) is 0 Å². The summed E-state index contributed by atoms with van der Waals surface area (Å²) in [5, 5.41) is 24.2. The molecule has 1 radical (unpaired) electrons. The number of hydrogen-bond donors (Lipinski definition) is 3. The Morgan fingerprint density at radius 3 is 0.538 bits per heavy atom. The summed E-state index contributed by atoms with van der Waals surface area (Å²) in [4.78, 5) is 0. The summed E-state index contributed by atoms with van der Waals surface area (Å²) in [6, 6.07) is 0. The molecule has 3 N–H and O–H groups in total. The molecule has 0 aromatic rings. The van der Waals surface area contributed by atoms with Crippen molar-refractivity contribution in [2.75, 3.05) is 0 Å². The van der Waals surface area contributed by atoms with Gasteiger partial charge in [0.1, 0.15) is 0 Å². The molecule has 0 rings (SSSR count). The second-order valence-electron chi connectivity index (χ2n) is 3.28. The molecule has 0 spiro atoms. The SMILES string of the molecule is CC(C)O.CC(C)O.CC(C)O.[V]. The zero-order valence-electron chi connectivity index (χ0n) is 9.52. The maximum Gasteiger partial charge on any atom is 0.0483 e. The molecule has 0 bridgehead atoms. The van der Waals surface area contributed by atoms with Gasteiger partial charge in [-0.3, -0.25) is 0 Å². The van der Waals surface area contributed by atoms with Crippen LogP contribution in [0.25, 0.3) is 0 Å². The number of hydrogen-bond acceptors (Lipinski definition) is 3. The van der Waals surface area contributed by atoms with Crippen molar-refractivity contribution in [2.24, 2.45) is 0 Å². The Morgan fingerprint density at radius 1 is 0.538 bits per heavy atom. The van der Waals surface area contributed by atoms with Gasteiger partial charge < -0.3 is 15.3 Å². The van der Waals surface area contributed by atoms with Gasteiger partial charge in [-0.05, 0) is 41.5 Å². The molecule has 0 aliphatic heterocycles. The fourth-order valence-electron chi connectivity index (χ4n) is 0. The first-order valence-electron chi connectivity index (χ1n) is 4.24. The molecule has 0 fully saturated rings. The van der Waals surface area contributed by atoms with Gasteiger partial charge >= 0.3 is 0 Å². The fraction of sp³-hybridized carbons (Fsp3) is 1.00. The normalized spacial score (nSPS) is 8.31.